The molecule has 1 aliphatic rings. The Labute approximate surface area is 83.6 Å². The average Bonchev–Trinajstić information content (AvgIpc) is 2.20. The van der Waals surface area contributed by atoms with Gasteiger partial charge in [-0.25, -0.2) is 0 Å². The first-order chi connectivity index (χ1) is 6.36. The third-order valence-corrected chi connectivity index (χ3v) is 2.38. The second-order valence-electron chi connectivity index (χ2n) is 3.03. The van der Waals surface area contributed by atoms with Crippen molar-refractivity contribution in [3.8, 4) is 0 Å². The van der Waals surface area contributed by atoms with Crippen LogP contribution in [0.25, 0.3) is 5.57 Å². The first-order valence-corrected chi connectivity index (χ1v) is 4.73. The lowest BCUT2D eigenvalue weighted by Gasteiger charge is -2.06. The van der Waals surface area contributed by atoms with E-state index in [9.17, 15) is 0 Å². The third-order valence-electron chi connectivity index (χ3n) is 2.08. The first-order valence-electron chi connectivity index (χ1n) is 4.33. The molecule has 0 N–H and O–H groups in total. The average molecular weight is 186 g/mol. The summed E-state index contributed by atoms with van der Waals surface area (Å²) in [5, 5.41) is 0. The van der Waals surface area contributed by atoms with Crippen LogP contribution in [0, 0.1) is 0 Å². The molecule has 13 heavy (non-hydrogen) atoms. The van der Waals surface area contributed by atoms with Crippen LogP contribution in [-0.2, 0) is 0 Å². The quantitative estimate of drug-likeness (QED) is 0.606. The Bertz CT molecular complexity index is 371. The fourth-order valence-corrected chi connectivity index (χ4v) is 1.53. The smallest absolute Gasteiger partial charge is 0.0190 e. The molecule has 0 saturated carbocycles. The van der Waals surface area contributed by atoms with Crippen LogP contribution in [0.1, 0.15) is 12.0 Å². The SMILES string of the molecule is S=C1C=CC(c2ccccc2)=CC1. The Balaban J connectivity index is 2.30. The number of allylic oxidation sites excluding steroid dienone is 4. The minimum Gasteiger partial charge on any atom is -0.0846 e. The van der Waals surface area contributed by atoms with Gasteiger partial charge >= 0.3 is 0 Å². The van der Waals surface area contributed by atoms with Crippen molar-refractivity contribution >= 4 is 22.7 Å². The maximum atomic E-state index is 5.08. The molecule has 0 fully saturated rings. The Morgan fingerprint density at radius 3 is 2.38 bits per heavy atom. The number of rotatable bonds is 1. The molecule has 0 aromatic heterocycles. The minimum absolute atomic E-state index is 0.899. The van der Waals surface area contributed by atoms with Gasteiger partial charge in [0.1, 0.15) is 0 Å². The van der Waals surface area contributed by atoms with E-state index in [4.69, 9.17) is 12.2 Å². The van der Waals surface area contributed by atoms with Crippen molar-refractivity contribution in [1.29, 1.82) is 0 Å². The predicted molar refractivity (Wildman–Crippen MR) is 60.8 cm³/mol. The van der Waals surface area contributed by atoms with E-state index < -0.39 is 0 Å². The summed E-state index contributed by atoms with van der Waals surface area (Å²) >= 11 is 5.08. The van der Waals surface area contributed by atoms with Gasteiger partial charge in [0.2, 0.25) is 0 Å². The zero-order chi connectivity index (χ0) is 9.10. The zero-order valence-corrected chi connectivity index (χ0v) is 8.05. The highest BCUT2D eigenvalue weighted by molar-refractivity contribution is 7.80. The van der Waals surface area contributed by atoms with Gasteiger partial charge in [0.05, 0.1) is 0 Å². The van der Waals surface area contributed by atoms with E-state index in [2.05, 4.69) is 36.4 Å². The molecule has 0 bridgehead atoms. The van der Waals surface area contributed by atoms with E-state index in [1.54, 1.807) is 0 Å². The molecule has 1 aromatic carbocycles. The van der Waals surface area contributed by atoms with Crippen molar-refractivity contribution in [3.63, 3.8) is 0 Å². The normalized spacial score (nSPS) is 15.7. The molecule has 1 aromatic rings. The lowest BCUT2D eigenvalue weighted by atomic mass is 10.00. The molecule has 2 rings (SSSR count). The van der Waals surface area contributed by atoms with Crippen LogP contribution in [0.5, 0.6) is 0 Å². The summed E-state index contributed by atoms with van der Waals surface area (Å²) in [6.45, 7) is 0. The number of hydrogen-bond acceptors (Lipinski definition) is 1. The van der Waals surface area contributed by atoms with Crippen molar-refractivity contribution in [3.05, 3.63) is 54.1 Å². The molecular weight excluding hydrogens is 176 g/mol. The summed E-state index contributed by atoms with van der Waals surface area (Å²) < 4.78 is 0. The summed E-state index contributed by atoms with van der Waals surface area (Å²) in [6.07, 6.45) is 7.17. The van der Waals surface area contributed by atoms with Crippen LogP contribution in [0.4, 0.5) is 0 Å². The van der Waals surface area contributed by atoms with E-state index in [-0.39, 0.29) is 0 Å². The van der Waals surface area contributed by atoms with E-state index >= 15 is 0 Å². The Hall–Kier alpha value is -1.21. The highest BCUT2D eigenvalue weighted by Gasteiger charge is 2.01. The molecule has 1 aliphatic carbocycles. The van der Waals surface area contributed by atoms with Crippen LogP contribution in [-0.4, -0.2) is 4.86 Å². The number of thiocarbonyl (C=S) groups is 1. The molecule has 64 valence electrons. The molecule has 0 nitrogen and oxygen atoms in total. The van der Waals surface area contributed by atoms with Crippen LogP contribution in [0.2, 0.25) is 0 Å². The van der Waals surface area contributed by atoms with Gasteiger partial charge in [-0.3, -0.25) is 0 Å². The van der Waals surface area contributed by atoms with Gasteiger partial charge in [-0.2, -0.15) is 0 Å². The van der Waals surface area contributed by atoms with Crippen molar-refractivity contribution in [2.75, 3.05) is 0 Å². The van der Waals surface area contributed by atoms with E-state index in [1.165, 1.54) is 11.1 Å². The van der Waals surface area contributed by atoms with Gasteiger partial charge in [0, 0.05) is 11.3 Å². The molecule has 0 unspecified atom stereocenters. The summed E-state index contributed by atoms with van der Waals surface area (Å²) in [4.78, 5) is 1.01. The summed E-state index contributed by atoms with van der Waals surface area (Å²) in [5.74, 6) is 0. The molecule has 0 atom stereocenters. The fraction of sp³-hybridized carbons (Fsp3) is 0.0833. The summed E-state index contributed by atoms with van der Waals surface area (Å²) in [6, 6.07) is 10.4. The minimum atomic E-state index is 0.899. The lowest BCUT2D eigenvalue weighted by molar-refractivity contribution is 1.49. The zero-order valence-electron chi connectivity index (χ0n) is 7.23. The molecule has 0 spiro atoms. The summed E-state index contributed by atoms with van der Waals surface area (Å²) in [7, 11) is 0. The largest absolute Gasteiger partial charge is 0.0846 e. The Morgan fingerprint density at radius 1 is 1.00 bits per heavy atom. The van der Waals surface area contributed by atoms with Gasteiger partial charge in [0.25, 0.3) is 0 Å². The van der Waals surface area contributed by atoms with Gasteiger partial charge < -0.3 is 0 Å². The lowest BCUT2D eigenvalue weighted by Crippen LogP contribution is -1.93. The predicted octanol–water partition coefficient (Wildman–Crippen LogP) is 3.40. The molecule has 0 radical (unpaired) electrons. The number of hydrogen-bond donors (Lipinski definition) is 0. The van der Waals surface area contributed by atoms with Crippen LogP contribution < -0.4 is 0 Å². The van der Waals surface area contributed by atoms with Crippen LogP contribution in [0.15, 0.2) is 48.6 Å². The van der Waals surface area contributed by atoms with Gasteiger partial charge in [-0.1, -0.05) is 54.7 Å². The maximum absolute atomic E-state index is 5.08. The highest BCUT2D eigenvalue weighted by Crippen LogP contribution is 2.19. The van der Waals surface area contributed by atoms with E-state index in [1.807, 2.05) is 12.1 Å². The van der Waals surface area contributed by atoms with Gasteiger partial charge in [-0.15, -0.1) is 0 Å². The monoisotopic (exact) mass is 186 g/mol. The second kappa shape index (κ2) is 3.67. The van der Waals surface area contributed by atoms with Crippen molar-refractivity contribution in [2.45, 2.75) is 6.42 Å². The topological polar surface area (TPSA) is 0 Å². The van der Waals surface area contributed by atoms with E-state index in [0.29, 0.717) is 0 Å². The van der Waals surface area contributed by atoms with Crippen molar-refractivity contribution < 1.29 is 0 Å². The van der Waals surface area contributed by atoms with Crippen LogP contribution in [0.3, 0.4) is 0 Å². The number of benzene rings is 1. The second-order valence-corrected chi connectivity index (χ2v) is 3.55. The van der Waals surface area contributed by atoms with Crippen molar-refractivity contribution in [1.82, 2.24) is 0 Å². The molecule has 0 amide bonds. The van der Waals surface area contributed by atoms with E-state index in [0.717, 1.165) is 11.3 Å². The van der Waals surface area contributed by atoms with Crippen LogP contribution >= 0.6 is 12.2 Å². The molecule has 0 aliphatic heterocycles. The molecular formula is C12H10S. The van der Waals surface area contributed by atoms with Crippen molar-refractivity contribution in [2.24, 2.45) is 0 Å². The first kappa shape index (κ1) is 8.39. The molecule has 0 saturated heterocycles. The summed E-state index contributed by atoms with van der Waals surface area (Å²) in [5.41, 5.74) is 2.54. The standard InChI is InChI=1S/C12H10S/c13-12-8-6-11(7-9-12)10-4-2-1-3-5-10/h1-8H,9H2. The van der Waals surface area contributed by atoms with Gasteiger partial charge in [0.15, 0.2) is 0 Å². The maximum Gasteiger partial charge on any atom is 0.0190 e. The fourth-order valence-electron chi connectivity index (χ4n) is 1.37. The van der Waals surface area contributed by atoms with Gasteiger partial charge in [-0.05, 0) is 17.2 Å². The molecule has 0 heterocycles. The molecule has 1 heteroatoms. The highest BCUT2D eigenvalue weighted by atomic mass is 32.1. The Morgan fingerprint density at radius 2 is 1.77 bits per heavy atom. The third kappa shape index (κ3) is 1.93. The Kier molecular flexibility index (Phi) is 2.37.